The number of anilines is 3. The third-order valence-corrected chi connectivity index (χ3v) is 3.67. The summed E-state index contributed by atoms with van der Waals surface area (Å²) in [6, 6.07) is 28.6. The second kappa shape index (κ2) is 7.25. The normalized spacial score (nSPS) is 10.7. The Bertz CT molecular complexity index is 827. The second-order valence-corrected chi connectivity index (χ2v) is 6.36. The molecule has 2 heteroatoms. The van der Waals surface area contributed by atoms with Crippen molar-refractivity contribution >= 4 is 17.1 Å². The summed E-state index contributed by atoms with van der Waals surface area (Å²) in [5, 5.41) is 9.74. The zero-order valence-corrected chi connectivity index (χ0v) is 14.5. The average Bonchev–Trinajstić information content (AvgIpc) is 2.62. The predicted octanol–water partition coefficient (Wildman–Crippen LogP) is 5.28. The van der Waals surface area contributed by atoms with Crippen LogP contribution in [0.2, 0.25) is 0 Å². The third kappa shape index (κ3) is 4.50. The van der Waals surface area contributed by atoms with E-state index in [4.69, 9.17) is 0 Å². The molecule has 25 heavy (non-hydrogen) atoms. The molecule has 0 saturated heterocycles. The van der Waals surface area contributed by atoms with Crippen molar-refractivity contribution in [2.75, 3.05) is 4.90 Å². The molecule has 124 valence electrons. The fourth-order valence-corrected chi connectivity index (χ4v) is 2.52. The Morgan fingerprint density at radius 3 is 1.56 bits per heavy atom. The highest BCUT2D eigenvalue weighted by molar-refractivity contribution is 5.76. The summed E-state index contributed by atoms with van der Waals surface area (Å²) in [7, 11) is 0. The fraction of sp³-hybridized carbons (Fsp3) is 0.130. The molecule has 0 aromatic heterocycles. The van der Waals surface area contributed by atoms with Crippen LogP contribution in [0.1, 0.15) is 19.4 Å². The van der Waals surface area contributed by atoms with E-state index in [9.17, 15) is 5.11 Å². The topological polar surface area (TPSA) is 23.5 Å². The quantitative estimate of drug-likeness (QED) is 0.662. The summed E-state index contributed by atoms with van der Waals surface area (Å²) in [6.07, 6.45) is 0. The van der Waals surface area contributed by atoms with Crippen molar-refractivity contribution in [2.45, 2.75) is 19.4 Å². The molecule has 0 aliphatic rings. The maximum atomic E-state index is 9.74. The van der Waals surface area contributed by atoms with Gasteiger partial charge >= 0.3 is 0 Å². The van der Waals surface area contributed by atoms with Gasteiger partial charge in [-0.05, 0) is 62.4 Å². The Kier molecular flexibility index (Phi) is 4.88. The standard InChI is InChI=1S/C23H21NO/c1-23(2,25)18-17-19-13-15-22(16-14-19)24(20-9-5-3-6-10-20)21-11-7-4-8-12-21/h3-16,25H,1-2H3. The maximum absolute atomic E-state index is 9.74. The number of rotatable bonds is 3. The van der Waals surface area contributed by atoms with Crippen LogP contribution in [-0.4, -0.2) is 10.7 Å². The van der Waals surface area contributed by atoms with Crippen LogP contribution < -0.4 is 4.90 Å². The van der Waals surface area contributed by atoms with Crippen LogP contribution in [0.5, 0.6) is 0 Å². The lowest BCUT2D eigenvalue weighted by Gasteiger charge is -2.25. The van der Waals surface area contributed by atoms with Crippen LogP contribution in [0, 0.1) is 11.8 Å². The van der Waals surface area contributed by atoms with Gasteiger partial charge < -0.3 is 10.0 Å². The number of hydrogen-bond acceptors (Lipinski definition) is 2. The Balaban J connectivity index is 1.98. The van der Waals surface area contributed by atoms with Crippen molar-refractivity contribution in [2.24, 2.45) is 0 Å². The van der Waals surface area contributed by atoms with Crippen LogP contribution in [0.3, 0.4) is 0 Å². The first-order valence-corrected chi connectivity index (χ1v) is 8.29. The summed E-state index contributed by atoms with van der Waals surface area (Å²) in [5.74, 6) is 5.85. The van der Waals surface area contributed by atoms with Gasteiger partial charge in [-0.3, -0.25) is 0 Å². The van der Waals surface area contributed by atoms with Gasteiger partial charge in [-0.2, -0.15) is 0 Å². The molecule has 3 aromatic carbocycles. The number of benzene rings is 3. The predicted molar refractivity (Wildman–Crippen MR) is 104 cm³/mol. The molecule has 3 aromatic rings. The van der Waals surface area contributed by atoms with E-state index in [0.29, 0.717) is 0 Å². The Labute approximate surface area is 149 Å². The molecule has 0 heterocycles. The molecule has 0 saturated carbocycles. The van der Waals surface area contributed by atoms with Crippen LogP contribution in [0.4, 0.5) is 17.1 Å². The highest BCUT2D eigenvalue weighted by atomic mass is 16.3. The van der Waals surface area contributed by atoms with Gasteiger partial charge in [0.15, 0.2) is 0 Å². The molecule has 0 spiro atoms. The molecule has 1 N–H and O–H groups in total. The molecular weight excluding hydrogens is 306 g/mol. The Morgan fingerprint density at radius 2 is 1.12 bits per heavy atom. The van der Waals surface area contributed by atoms with Gasteiger partial charge in [0, 0.05) is 22.6 Å². The first kappa shape index (κ1) is 16.8. The molecule has 2 nitrogen and oxygen atoms in total. The average molecular weight is 327 g/mol. The van der Waals surface area contributed by atoms with Gasteiger partial charge in [0.1, 0.15) is 5.60 Å². The van der Waals surface area contributed by atoms with E-state index >= 15 is 0 Å². The van der Waals surface area contributed by atoms with Gasteiger partial charge in [-0.15, -0.1) is 0 Å². The number of aliphatic hydroxyl groups is 1. The summed E-state index contributed by atoms with van der Waals surface area (Å²) >= 11 is 0. The number of para-hydroxylation sites is 2. The van der Waals surface area contributed by atoms with Crippen molar-refractivity contribution < 1.29 is 5.11 Å². The molecule has 0 aliphatic heterocycles. The zero-order valence-electron chi connectivity index (χ0n) is 14.5. The van der Waals surface area contributed by atoms with E-state index in [1.165, 1.54) is 0 Å². The van der Waals surface area contributed by atoms with Gasteiger partial charge in [0.05, 0.1) is 0 Å². The minimum Gasteiger partial charge on any atom is -0.378 e. The van der Waals surface area contributed by atoms with Gasteiger partial charge in [-0.1, -0.05) is 48.2 Å². The lowest BCUT2D eigenvalue weighted by Crippen LogP contribution is -2.14. The summed E-state index contributed by atoms with van der Waals surface area (Å²) in [5.41, 5.74) is 3.16. The molecule has 0 fully saturated rings. The molecule has 0 atom stereocenters. The molecule has 0 unspecified atom stereocenters. The second-order valence-electron chi connectivity index (χ2n) is 6.36. The van der Waals surface area contributed by atoms with Crippen LogP contribution in [0.15, 0.2) is 84.9 Å². The van der Waals surface area contributed by atoms with Crippen molar-refractivity contribution in [3.63, 3.8) is 0 Å². The minimum absolute atomic E-state index is 0.881. The molecule has 0 radical (unpaired) electrons. The zero-order chi connectivity index (χ0) is 17.7. The van der Waals surface area contributed by atoms with Crippen molar-refractivity contribution in [3.8, 4) is 11.8 Å². The number of hydrogen-bond donors (Lipinski definition) is 1. The molecule has 0 amide bonds. The summed E-state index contributed by atoms with van der Waals surface area (Å²) < 4.78 is 0. The first-order valence-electron chi connectivity index (χ1n) is 8.29. The van der Waals surface area contributed by atoms with E-state index < -0.39 is 5.60 Å². The van der Waals surface area contributed by atoms with Crippen molar-refractivity contribution in [1.82, 2.24) is 0 Å². The van der Waals surface area contributed by atoms with Gasteiger partial charge in [-0.25, -0.2) is 0 Å². The molecular formula is C23H21NO. The van der Waals surface area contributed by atoms with Crippen LogP contribution in [0.25, 0.3) is 0 Å². The smallest absolute Gasteiger partial charge is 0.120 e. The van der Waals surface area contributed by atoms with E-state index in [0.717, 1.165) is 22.6 Å². The summed E-state index contributed by atoms with van der Waals surface area (Å²) in [6.45, 7) is 3.36. The molecule has 0 bridgehead atoms. The fourth-order valence-electron chi connectivity index (χ4n) is 2.52. The van der Waals surface area contributed by atoms with Gasteiger partial charge in [0.2, 0.25) is 0 Å². The van der Waals surface area contributed by atoms with Crippen molar-refractivity contribution in [1.29, 1.82) is 0 Å². The molecule has 0 aliphatic carbocycles. The van der Waals surface area contributed by atoms with E-state index in [1.807, 2.05) is 60.7 Å². The number of nitrogens with zero attached hydrogens (tertiary/aromatic N) is 1. The SMILES string of the molecule is CC(C)(O)C#Cc1ccc(N(c2ccccc2)c2ccccc2)cc1. The highest BCUT2D eigenvalue weighted by Gasteiger charge is 2.11. The first-order chi connectivity index (χ1) is 12.0. The van der Waals surface area contributed by atoms with E-state index in [1.54, 1.807) is 13.8 Å². The lowest BCUT2D eigenvalue weighted by molar-refractivity contribution is 0.143. The van der Waals surface area contributed by atoms with E-state index in [-0.39, 0.29) is 0 Å². The summed E-state index contributed by atoms with van der Waals surface area (Å²) in [4.78, 5) is 2.20. The third-order valence-electron chi connectivity index (χ3n) is 3.67. The Hall–Kier alpha value is -3.02. The largest absolute Gasteiger partial charge is 0.378 e. The Morgan fingerprint density at radius 1 is 0.680 bits per heavy atom. The lowest BCUT2D eigenvalue weighted by atomic mass is 10.1. The monoisotopic (exact) mass is 327 g/mol. The van der Waals surface area contributed by atoms with Crippen molar-refractivity contribution in [3.05, 3.63) is 90.5 Å². The maximum Gasteiger partial charge on any atom is 0.120 e. The highest BCUT2D eigenvalue weighted by Crippen LogP contribution is 2.33. The van der Waals surface area contributed by atoms with Gasteiger partial charge in [0.25, 0.3) is 0 Å². The van der Waals surface area contributed by atoms with E-state index in [2.05, 4.69) is 41.0 Å². The minimum atomic E-state index is -0.987. The van der Waals surface area contributed by atoms with Crippen LogP contribution in [-0.2, 0) is 0 Å². The van der Waals surface area contributed by atoms with Crippen LogP contribution >= 0.6 is 0 Å². The molecule has 3 rings (SSSR count).